The molecule has 2 aromatic carbocycles. The molecule has 0 saturated heterocycles. The van der Waals surface area contributed by atoms with Crippen molar-refractivity contribution in [2.45, 2.75) is 26.4 Å². The summed E-state index contributed by atoms with van der Waals surface area (Å²) in [7, 11) is 0. The highest BCUT2D eigenvalue weighted by Crippen LogP contribution is 2.17. The Morgan fingerprint density at radius 3 is 2.77 bits per heavy atom. The number of fused-ring (bicyclic) bond motifs is 1. The Labute approximate surface area is 132 Å². The van der Waals surface area contributed by atoms with Crippen molar-refractivity contribution >= 4 is 5.91 Å². The number of benzene rings is 2. The molecule has 0 fully saturated rings. The second-order valence-electron chi connectivity index (χ2n) is 6.00. The molecule has 3 heteroatoms. The van der Waals surface area contributed by atoms with Gasteiger partial charge in [-0.05, 0) is 30.0 Å². The third kappa shape index (κ3) is 3.74. The first-order chi connectivity index (χ1) is 10.7. The average molecular weight is 294 g/mol. The molecule has 22 heavy (non-hydrogen) atoms. The lowest BCUT2D eigenvalue weighted by Gasteiger charge is -2.28. The molecule has 0 spiro atoms. The van der Waals surface area contributed by atoms with E-state index in [1.165, 1.54) is 16.7 Å². The van der Waals surface area contributed by atoms with E-state index in [9.17, 15) is 4.79 Å². The lowest BCUT2D eigenvalue weighted by atomic mass is 10.00. The van der Waals surface area contributed by atoms with E-state index in [0.717, 1.165) is 25.1 Å². The molecule has 1 aliphatic heterocycles. The van der Waals surface area contributed by atoms with Gasteiger partial charge in [0.05, 0.1) is 6.54 Å². The maximum absolute atomic E-state index is 12.1. The molecule has 0 bridgehead atoms. The summed E-state index contributed by atoms with van der Waals surface area (Å²) in [5.74, 6) is 0.0980. The minimum absolute atomic E-state index is 0.0980. The van der Waals surface area contributed by atoms with E-state index in [2.05, 4.69) is 53.5 Å². The van der Waals surface area contributed by atoms with Gasteiger partial charge < -0.3 is 5.32 Å². The fourth-order valence-corrected chi connectivity index (χ4v) is 2.97. The fraction of sp³-hybridized carbons (Fsp3) is 0.316. The van der Waals surface area contributed by atoms with Crippen LogP contribution >= 0.6 is 0 Å². The predicted molar refractivity (Wildman–Crippen MR) is 88.4 cm³/mol. The Bertz CT molecular complexity index is 666. The lowest BCUT2D eigenvalue weighted by Crippen LogP contribution is -2.39. The molecule has 1 heterocycles. The Kier molecular flexibility index (Phi) is 4.54. The summed E-state index contributed by atoms with van der Waals surface area (Å²) in [6.07, 6.45) is 1.03. The molecule has 0 atom stereocenters. The number of nitrogens with zero attached hydrogens (tertiary/aromatic N) is 1. The van der Waals surface area contributed by atoms with Crippen LogP contribution in [0.1, 0.15) is 22.3 Å². The number of carbonyl (C=O) groups is 1. The minimum atomic E-state index is 0.0980. The van der Waals surface area contributed by atoms with Gasteiger partial charge in [0.2, 0.25) is 5.91 Å². The quantitative estimate of drug-likeness (QED) is 0.940. The van der Waals surface area contributed by atoms with E-state index in [1.807, 2.05) is 12.1 Å². The molecule has 3 nitrogen and oxygen atoms in total. The van der Waals surface area contributed by atoms with Gasteiger partial charge in [-0.15, -0.1) is 0 Å². The summed E-state index contributed by atoms with van der Waals surface area (Å²) in [4.78, 5) is 14.3. The number of hydrogen-bond acceptors (Lipinski definition) is 2. The van der Waals surface area contributed by atoms with Crippen LogP contribution in [-0.4, -0.2) is 23.9 Å². The molecule has 0 saturated carbocycles. The number of hydrogen-bond donors (Lipinski definition) is 1. The fourth-order valence-electron chi connectivity index (χ4n) is 2.97. The first-order valence-corrected chi connectivity index (χ1v) is 7.82. The van der Waals surface area contributed by atoms with Crippen molar-refractivity contribution < 1.29 is 4.79 Å². The van der Waals surface area contributed by atoms with E-state index >= 15 is 0 Å². The second-order valence-corrected chi connectivity index (χ2v) is 6.00. The summed E-state index contributed by atoms with van der Waals surface area (Å²) >= 11 is 0. The third-order valence-corrected chi connectivity index (χ3v) is 4.15. The molecule has 1 amide bonds. The smallest absolute Gasteiger partial charge is 0.234 e. The third-order valence-electron chi connectivity index (χ3n) is 4.15. The SMILES string of the molecule is Cc1cccc(CNC(=O)CN2CCc3ccccc3C2)c1. The van der Waals surface area contributed by atoms with Crippen LogP contribution in [-0.2, 0) is 24.3 Å². The lowest BCUT2D eigenvalue weighted by molar-refractivity contribution is -0.122. The number of amides is 1. The van der Waals surface area contributed by atoms with Gasteiger partial charge in [0.1, 0.15) is 0 Å². The van der Waals surface area contributed by atoms with Crippen molar-refractivity contribution in [1.29, 1.82) is 0 Å². The van der Waals surface area contributed by atoms with E-state index in [1.54, 1.807) is 0 Å². The van der Waals surface area contributed by atoms with Crippen molar-refractivity contribution in [3.05, 3.63) is 70.8 Å². The highest BCUT2D eigenvalue weighted by atomic mass is 16.2. The maximum Gasteiger partial charge on any atom is 0.234 e. The summed E-state index contributed by atoms with van der Waals surface area (Å²) in [5, 5.41) is 3.02. The molecule has 0 aliphatic carbocycles. The molecule has 3 rings (SSSR count). The summed E-state index contributed by atoms with van der Waals surface area (Å²) in [6, 6.07) is 16.7. The van der Waals surface area contributed by atoms with Crippen LogP contribution < -0.4 is 5.32 Å². The van der Waals surface area contributed by atoms with Crippen LogP contribution in [0.15, 0.2) is 48.5 Å². The summed E-state index contributed by atoms with van der Waals surface area (Å²) < 4.78 is 0. The molecular weight excluding hydrogens is 272 g/mol. The van der Waals surface area contributed by atoms with Crippen molar-refractivity contribution in [3.8, 4) is 0 Å². The Hall–Kier alpha value is -2.13. The molecule has 0 radical (unpaired) electrons. The van der Waals surface area contributed by atoms with Gasteiger partial charge >= 0.3 is 0 Å². The van der Waals surface area contributed by atoms with Crippen LogP contribution in [0.25, 0.3) is 0 Å². The Morgan fingerprint density at radius 1 is 1.14 bits per heavy atom. The zero-order valence-corrected chi connectivity index (χ0v) is 13.0. The van der Waals surface area contributed by atoms with Gasteiger partial charge in [-0.3, -0.25) is 9.69 Å². The first kappa shape index (κ1) is 14.8. The number of rotatable bonds is 4. The first-order valence-electron chi connectivity index (χ1n) is 7.82. The molecular formula is C19H22N2O. The molecule has 114 valence electrons. The van der Waals surface area contributed by atoms with E-state index < -0.39 is 0 Å². The average Bonchev–Trinajstić information content (AvgIpc) is 2.53. The number of nitrogens with one attached hydrogen (secondary N) is 1. The number of carbonyl (C=O) groups excluding carboxylic acids is 1. The Morgan fingerprint density at radius 2 is 1.95 bits per heavy atom. The van der Waals surface area contributed by atoms with Crippen molar-refractivity contribution in [2.75, 3.05) is 13.1 Å². The Balaban J connectivity index is 1.50. The van der Waals surface area contributed by atoms with E-state index in [0.29, 0.717) is 13.1 Å². The number of aryl methyl sites for hydroxylation is 1. The maximum atomic E-state index is 12.1. The molecule has 1 N–H and O–H groups in total. The van der Waals surface area contributed by atoms with Gasteiger partial charge in [-0.1, -0.05) is 54.1 Å². The van der Waals surface area contributed by atoms with Crippen LogP contribution in [0.4, 0.5) is 0 Å². The van der Waals surface area contributed by atoms with Crippen LogP contribution in [0.2, 0.25) is 0 Å². The van der Waals surface area contributed by atoms with Gasteiger partial charge in [0.25, 0.3) is 0 Å². The second kappa shape index (κ2) is 6.75. The largest absolute Gasteiger partial charge is 0.351 e. The minimum Gasteiger partial charge on any atom is -0.351 e. The normalized spacial score (nSPS) is 14.4. The monoisotopic (exact) mass is 294 g/mol. The van der Waals surface area contributed by atoms with Crippen molar-refractivity contribution in [2.24, 2.45) is 0 Å². The van der Waals surface area contributed by atoms with Crippen molar-refractivity contribution in [1.82, 2.24) is 10.2 Å². The highest BCUT2D eigenvalue weighted by Gasteiger charge is 2.17. The van der Waals surface area contributed by atoms with Gasteiger partial charge in [0.15, 0.2) is 0 Å². The summed E-state index contributed by atoms with van der Waals surface area (Å²) in [5.41, 5.74) is 5.14. The van der Waals surface area contributed by atoms with Gasteiger partial charge in [0, 0.05) is 19.6 Å². The molecule has 1 aliphatic rings. The molecule has 0 aromatic heterocycles. The predicted octanol–water partition coefficient (Wildman–Crippen LogP) is 2.67. The molecule has 0 unspecified atom stereocenters. The van der Waals surface area contributed by atoms with E-state index in [4.69, 9.17) is 0 Å². The zero-order chi connectivity index (χ0) is 15.4. The topological polar surface area (TPSA) is 32.3 Å². The molecule has 2 aromatic rings. The van der Waals surface area contributed by atoms with Gasteiger partial charge in [-0.25, -0.2) is 0 Å². The van der Waals surface area contributed by atoms with E-state index in [-0.39, 0.29) is 5.91 Å². The van der Waals surface area contributed by atoms with Gasteiger partial charge in [-0.2, -0.15) is 0 Å². The highest BCUT2D eigenvalue weighted by molar-refractivity contribution is 5.78. The van der Waals surface area contributed by atoms with Crippen LogP contribution in [0.3, 0.4) is 0 Å². The standard InChI is InChI=1S/C19H22N2O/c1-15-5-4-6-16(11-15)12-20-19(22)14-21-10-9-17-7-2-3-8-18(17)13-21/h2-8,11H,9-10,12-14H2,1H3,(H,20,22). The van der Waals surface area contributed by atoms with Crippen LogP contribution in [0, 0.1) is 6.92 Å². The summed E-state index contributed by atoms with van der Waals surface area (Å²) in [6.45, 7) is 4.96. The van der Waals surface area contributed by atoms with Crippen LogP contribution in [0.5, 0.6) is 0 Å². The van der Waals surface area contributed by atoms with Crippen molar-refractivity contribution in [3.63, 3.8) is 0 Å². The zero-order valence-electron chi connectivity index (χ0n) is 13.0.